The predicted octanol–water partition coefficient (Wildman–Crippen LogP) is 3.61. The van der Waals surface area contributed by atoms with E-state index in [9.17, 15) is 14.0 Å². The molecule has 0 unspecified atom stereocenters. The number of amides is 2. The number of hydrogen-bond acceptors (Lipinski definition) is 4. The summed E-state index contributed by atoms with van der Waals surface area (Å²) in [5, 5.41) is 0. The molecular formula is C23H27FN2O4. The average molecular weight is 414 g/mol. The van der Waals surface area contributed by atoms with Crippen LogP contribution in [0.1, 0.15) is 41.0 Å². The van der Waals surface area contributed by atoms with Crippen LogP contribution in [0, 0.1) is 5.82 Å². The minimum Gasteiger partial charge on any atom is -0.493 e. The molecule has 2 aromatic rings. The van der Waals surface area contributed by atoms with Gasteiger partial charge in [-0.25, -0.2) is 4.39 Å². The maximum Gasteiger partial charge on any atom is 0.256 e. The molecule has 0 spiro atoms. The van der Waals surface area contributed by atoms with Crippen molar-refractivity contribution in [3.63, 3.8) is 0 Å². The first kappa shape index (κ1) is 21.6. The summed E-state index contributed by atoms with van der Waals surface area (Å²) < 4.78 is 25.0. The molecule has 1 saturated heterocycles. The molecule has 2 aromatic carbocycles. The van der Waals surface area contributed by atoms with Crippen molar-refractivity contribution in [2.75, 3.05) is 33.3 Å². The summed E-state index contributed by atoms with van der Waals surface area (Å²) in [7, 11) is 1.54. The third-order valence-corrected chi connectivity index (χ3v) is 4.95. The van der Waals surface area contributed by atoms with Crippen LogP contribution < -0.4 is 9.47 Å². The predicted molar refractivity (Wildman–Crippen MR) is 112 cm³/mol. The van der Waals surface area contributed by atoms with E-state index in [1.54, 1.807) is 40.1 Å². The van der Waals surface area contributed by atoms with Crippen LogP contribution in [0.15, 0.2) is 42.5 Å². The zero-order valence-electron chi connectivity index (χ0n) is 17.6. The van der Waals surface area contributed by atoms with Crippen molar-refractivity contribution >= 4 is 11.8 Å². The first-order valence-corrected chi connectivity index (χ1v) is 10.1. The lowest BCUT2D eigenvalue weighted by molar-refractivity contribution is 0.0716. The molecular weight excluding hydrogens is 387 g/mol. The first-order chi connectivity index (χ1) is 14.4. The van der Waals surface area contributed by atoms with E-state index in [0.717, 1.165) is 0 Å². The van der Waals surface area contributed by atoms with E-state index in [4.69, 9.17) is 9.47 Å². The highest BCUT2D eigenvalue weighted by molar-refractivity contribution is 5.96. The molecule has 0 bridgehead atoms. The quantitative estimate of drug-likeness (QED) is 0.750. The van der Waals surface area contributed by atoms with Gasteiger partial charge in [0.05, 0.1) is 18.8 Å². The zero-order chi connectivity index (χ0) is 21.7. The van der Waals surface area contributed by atoms with Crippen LogP contribution in [0.25, 0.3) is 0 Å². The number of benzene rings is 2. The summed E-state index contributed by atoms with van der Waals surface area (Å²) in [4.78, 5) is 29.0. The van der Waals surface area contributed by atoms with E-state index in [1.165, 1.54) is 19.2 Å². The highest BCUT2D eigenvalue weighted by Crippen LogP contribution is 2.29. The topological polar surface area (TPSA) is 59.1 Å². The van der Waals surface area contributed by atoms with Gasteiger partial charge in [-0.1, -0.05) is 12.1 Å². The van der Waals surface area contributed by atoms with Crippen molar-refractivity contribution in [1.82, 2.24) is 9.80 Å². The Kier molecular flexibility index (Phi) is 6.92. The SMILES string of the molecule is COc1cc(C(=O)N2CCCN(C(=O)c3ccccc3F)CC2)ccc1OC(C)C. The summed E-state index contributed by atoms with van der Waals surface area (Å²) in [5.74, 6) is 0.0710. The Bertz CT molecular complexity index is 916. The normalized spacial score (nSPS) is 14.4. The van der Waals surface area contributed by atoms with E-state index >= 15 is 0 Å². The number of nitrogens with zero attached hydrogens (tertiary/aromatic N) is 2. The van der Waals surface area contributed by atoms with Gasteiger partial charge in [-0.3, -0.25) is 9.59 Å². The van der Waals surface area contributed by atoms with Crippen LogP contribution in [0.5, 0.6) is 11.5 Å². The Morgan fingerprint density at radius 1 is 0.933 bits per heavy atom. The molecule has 1 fully saturated rings. The summed E-state index contributed by atoms with van der Waals surface area (Å²) in [5.41, 5.74) is 0.555. The van der Waals surface area contributed by atoms with E-state index in [-0.39, 0.29) is 23.5 Å². The molecule has 160 valence electrons. The van der Waals surface area contributed by atoms with Gasteiger partial charge in [-0.05, 0) is 50.6 Å². The van der Waals surface area contributed by atoms with Crippen molar-refractivity contribution in [3.05, 3.63) is 59.4 Å². The van der Waals surface area contributed by atoms with Gasteiger partial charge in [0.25, 0.3) is 11.8 Å². The van der Waals surface area contributed by atoms with Gasteiger partial charge < -0.3 is 19.3 Å². The molecule has 0 aromatic heterocycles. The zero-order valence-corrected chi connectivity index (χ0v) is 17.6. The number of ether oxygens (including phenoxy) is 2. The maximum absolute atomic E-state index is 14.0. The highest BCUT2D eigenvalue weighted by Gasteiger charge is 2.25. The molecule has 0 saturated carbocycles. The second-order valence-electron chi connectivity index (χ2n) is 7.45. The lowest BCUT2D eigenvalue weighted by atomic mass is 10.1. The average Bonchev–Trinajstić information content (AvgIpc) is 2.99. The lowest BCUT2D eigenvalue weighted by Crippen LogP contribution is -2.37. The number of methoxy groups -OCH3 is 1. The van der Waals surface area contributed by atoms with Crippen LogP contribution in [-0.4, -0.2) is 61.0 Å². The number of rotatable bonds is 5. The second-order valence-corrected chi connectivity index (χ2v) is 7.45. The van der Waals surface area contributed by atoms with Crippen LogP contribution in [-0.2, 0) is 0 Å². The monoisotopic (exact) mass is 414 g/mol. The van der Waals surface area contributed by atoms with Crippen LogP contribution in [0.4, 0.5) is 4.39 Å². The van der Waals surface area contributed by atoms with Crippen LogP contribution in [0.2, 0.25) is 0 Å². The molecule has 30 heavy (non-hydrogen) atoms. The number of hydrogen-bond donors (Lipinski definition) is 0. The number of carbonyl (C=O) groups excluding carboxylic acids is 2. The lowest BCUT2D eigenvalue weighted by Gasteiger charge is -2.23. The highest BCUT2D eigenvalue weighted by atomic mass is 19.1. The molecule has 0 N–H and O–H groups in total. The van der Waals surface area contributed by atoms with Gasteiger partial charge in [-0.15, -0.1) is 0 Å². The van der Waals surface area contributed by atoms with E-state index in [0.29, 0.717) is 49.7 Å². The fraction of sp³-hybridized carbons (Fsp3) is 0.391. The summed E-state index contributed by atoms with van der Waals surface area (Å²) in [6.07, 6.45) is 0.612. The minimum atomic E-state index is -0.532. The molecule has 0 radical (unpaired) electrons. The van der Waals surface area contributed by atoms with E-state index in [1.807, 2.05) is 13.8 Å². The molecule has 0 atom stereocenters. The fourth-order valence-electron chi connectivity index (χ4n) is 3.46. The van der Waals surface area contributed by atoms with Gasteiger partial charge in [0, 0.05) is 31.7 Å². The molecule has 6 nitrogen and oxygen atoms in total. The second kappa shape index (κ2) is 9.61. The summed E-state index contributed by atoms with van der Waals surface area (Å²) in [6.45, 7) is 5.57. The van der Waals surface area contributed by atoms with Crippen molar-refractivity contribution in [2.24, 2.45) is 0 Å². The molecule has 3 rings (SSSR count). The third kappa shape index (κ3) is 4.90. The molecule has 1 aliphatic heterocycles. The molecule has 1 heterocycles. The van der Waals surface area contributed by atoms with Crippen LogP contribution >= 0.6 is 0 Å². The molecule has 1 aliphatic rings. The summed E-state index contributed by atoms with van der Waals surface area (Å²) in [6, 6.07) is 11.1. The van der Waals surface area contributed by atoms with E-state index in [2.05, 4.69) is 0 Å². The van der Waals surface area contributed by atoms with Gasteiger partial charge in [0.1, 0.15) is 5.82 Å². The summed E-state index contributed by atoms with van der Waals surface area (Å²) >= 11 is 0. The van der Waals surface area contributed by atoms with Gasteiger partial charge in [0.15, 0.2) is 11.5 Å². The number of carbonyl (C=O) groups is 2. The van der Waals surface area contributed by atoms with Crippen LogP contribution in [0.3, 0.4) is 0 Å². The Labute approximate surface area is 176 Å². The Morgan fingerprint density at radius 2 is 1.60 bits per heavy atom. The number of halogens is 1. The molecule has 2 amide bonds. The molecule has 7 heteroatoms. The standard InChI is InChI=1S/C23H27FN2O4/c1-16(2)30-20-10-9-17(15-21(20)29-3)22(27)25-11-6-12-26(14-13-25)23(28)18-7-4-5-8-19(18)24/h4-5,7-10,15-16H,6,11-14H2,1-3H3. The van der Waals surface area contributed by atoms with Crippen molar-refractivity contribution in [3.8, 4) is 11.5 Å². The first-order valence-electron chi connectivity index (χ1n) is 10.1. The Morgan fingerprint density at radius 3 is 2.23 bits per heavy atom. The Hall–Kier alpha value is -3.09. The third-order valence-electron chi connectivity index (χ3n) is 4.95. The van der Waals surface area contributed by atoms with Crippen molar-refractivity contribution < 1.29 is 23.5 Å². The van der Waals surface area contributed by atoms with E-state index < -0.39 is 5.82 Å². The molecule has 0 aliphatic carbocycles. The van der Waals surface area contributed by atoms with Gasteiger partial charge >= 0.3 is 0 Å². The smallest absolute Gasteiger partial charge is 0.256 e. The fourth-order valence-corrected chi connectivity index (χ4v) is 3.46. The minimum absolute atomic E-state index is 0.0102. The van der Waals surface area contributed by atoms with Crippen molar-refractivity contribution in [1.29, 1.82) is 0 Å². The van der Waals surface area contributed by atoms with Gasteiger partial charge in [-0.2, -0.15) is 0 Å². The van der Waals surface area contributed by atoms with Crippen molar-refractivity contribution in [2.45, 2.75) is 26.4 Å². The van der Waals surface area contributed by atoms with Gasteiger partial charge in [0.2, 0.25) is 0 Å². The Balaban J connectivity index is 1.70. The maximum atomic E-state index is 14.0. The largest absolute Gasteiger partial charge is 0.493 e.